The number of rotatable bonds is 5. The lowest BCUT2D eigenvalue weighted by atomic mass is 10.2. The van der Waals surface area contributed by atoms with Gasteiger partial charge in [-0.05, 0) is 78.0 Å². The van der Waals surface area contributed by atoms with Crippen LogP contribution in [0.2, 0.25) is 0 Å². The first-order valence-electron chi connectivity index (χ1n) is 7.31. The molecule has 0 bridgehead atoms. The first-order valence-corrected chi connectivity index (χ1v) is 9.27. The van der Waals surface area contributed by atoms with Crippen LogP contribution in [-0.2, 0) is 6.61 Å². The van der Waals surface area contributed by atoms with Crippen molar-refractivity contribution in [3.8, 4) is 5.75 Å². The first-order chi connectivity index (χ1) is 11.6. The summed E-state index contributed by atoms with van der Waals surface area (Å²) in [5, 5.41) is 5.88. The number of nitrogens with zero attached hydrogens (tertiary/aromatic N) is 1. The fraction of sp³-hybridized carbons (Fsp3) is 0.111. The number of hydrogen-bond donors (Lipinski definition) is 1. The first kappa shape index (κ1) is 16.9. The van der Waals surface area contributed by atoms with E-state index in [1.807, 2.05) is 36.6 Å². The Balaban J connectivity index is 1.59. The van der Waals surface area contributed by atoms with E-state index in [9.17, 15) is 4.79 Å². The molecule has 1 N–H and O–H groups in total. The lowest BCUT2D eigenvalue weighted by Crippen LogP contribution is -2.11. The number of nitrogens with one attached hydrogen (secondary N) is 1. The molecule has 3 aromatic rings. The van der Waals surface area contributed by atoms with E-state index in [0.717, 1.165) is 20.0 Å². The predicted octanol–water partition coefficient (Wildman–Crippen LogP) is 4.89. The zero-order valence-corrected chi connectivity index (χ0v) is 15.9. The molecule has 6 heteroatoms. The maximum absolute atomic E-state index is 12.2. The highest BCUT2D eigenvalue weighted by atomic mass is 127. The van der Waals surface area contributed by atoms with Gasteiger partial charge < -0.3 is 10.1 Å². The van der Waals surface area contributed by atoms with Crippen molar-refractivity contribution in [2.75, 3.05) is 5.32 Å². The van der Waals surface area contributed by atoms with E-state index in [4.69, 9.17) is 4.74 Å². The van der Waals surface area contributed by atoms with Gasteiger partial charge in [0.15, 0.2) is 0 Å². The summed E-state index contributed by atoms with van der Waals surface area (Å²) in [6.07, 6.45) is 0. The van der Waals surface area contributed by atoms with Crippen LogP contribution in [-0.4, -0.2) is 10.9 Å². The Labute approximate surface area is 158 Å². The lowest BCUT2D eigenvalue weighted by Gasteiger charge is -2.07. The maximum atomic E-state index is 12.2. The number of aromatic nitrogens is 1. The molecular weight excluding hydrogens is 435 g/mol. The van der Waals surface area contributed by atoms with Crippen molar-refractivity contribution in [3.63, 3.8) is 0 Å². The van der Waals surface area contributed by atoms with E-state index in [1.54, 1.807) is 35.6 Å². The van der Waals surface area contributed by atoms with E-state index in [0.29, 0.717) is 17.9 Å². The smallest absolute Gasteiger partial charge is 0.255 e. The third-order valence-electron chi connectivity index (χ3n) is 3.27. The number of benzene rings is 2. The van der Waals surface area contributed by atoms with Crippen molar-refractivity contribution in [1.82, 2.24) is 4.98 Å². The number of thiazole rings is 1. The van der Waals surface area contributed by atoms with Crippen molar-refractivity contribution in [2.45, 2.75) is 13.5 Å². The molecule has 1 amide bonds. The molecule has 0 radical (unpaired) electrons. The molecule has 0 aliphatic rings. The van der Waals surface area contributed by atoms with E-state index in [-0.39, 0.29) is 5.91 Å². The van der Waals surface area contributed by atoms with Crippen molar-refractivity contribution in [1.29, 1.82) is 0 Å². The van der Waals surface area contributed by atoms with Gasteiger partial charge in [-0.1, -0.05) is 0 Å². The Kier molecular flexibility index (Phi) is 5.47. The molecule has 122 valence electrons. The number of hydrogen-bond acceptors (Lipinski definition) is 4. The molecule has 3 rings (SSSR count). The van der Waals surface area contributed by atoms with Crippen LogP contribution in [0.3, 0.4) is 0 Å². The molecule has 0 aliphatic carbocycles. The maximum Gasteiger partial charge on any atom is 0.255 e. The van der Waals surface area contributed by atoms with Crippen LogP contribution in [0.15, 0.2) is 53.9 Å². The number of amides is 1. The Bertz CT molecular complexity index is 829. The lowest BCUT2D eigenvalue weighted by molar-refractivity contribution is 0.102. The fourth-order valence-corrected chi connectivity index (χ4v) is 3.03. The average Bonchev–Trinajstić information content (AvgIpc) is 3.01. The normalized spacial score (nSPS) is 10.4. The van der Waals surface area contributed by atoms with Crippen LogP contribution in [0, 0.1) is 10.5 Å². The van der Waals surface area contributed by atoms with Gasteiger partial charge in [0.1, 0.15) is 12.4 Å². The molecule has 0 spiro atoms. The zero-order chi connectivity index (χ0) is 16.9. The van der Waals surface area contributed by atoms with Crippen molar-refractivity contribution in [3.05, 3.63) is 73.7 Å². The second-order valence-electron chi connectivity index (χ2n) is 5.13. The summed E-state index contributed by atoms with van der Waals surface area (Å²) < 4.78 is 6.81. The summed E-state index contributed by atoms with van der Waals surface area (Å²) in [6.45, 7) is 2.40. The van der Waals surface area contributed by atoms with Crippen LogP contribution in [0.5, 0.6) is 5.75 Å². The second kappa shape index (κ2) is 7.76. The highest BCUT2D eigenvalue weighted by Gasteiger charge is 2.07. The molecular formula is C18H15IN2O2S. The molecule has 0 atom stereocenters. The molecule has 1 heterocycles. The Hall–Kier alpha value is -1.93. The van der Waals surface area contributed by atoms with Crippen LogP contribution in [0.4, 0.5) is 5.69 Å². The van der Waals surface area contributed by atoms with Gasteiger partial charge in [-0.25, -0.2) is 4.98 Å². The molecule has 24 heavy (non-hydrogen) atoms. The number of aryl methyl sites for hydroxylation is 1. The van der Waals surface area contributed by atoms with Gasteiger partial charge in [0.2, 0.25) is 0 Å². The van der Waals surface area contributed by atoms with Gasteiger partial charge >= 0.3 is 0 Å². The Morgan fingerprint density at radius 2 is 1.88 bits per heavy atom. The van der Waals surface area contributed by atoms with E-state index in [2.05, 4.69) is 32.9 Å². The number of halogens is 1. The molecule has 0 unspecified atom stereocenters. The standard InChI is InChI=1S/C18H15IN2O2S/c1-12-20-16(11-24-12)10-23-17-8-2-13(3-9-17)18(22)21-15-6-4-14(19)5-7-15/h2-9,11H,10H2,1H3,(H,21,22). The topological polar surface area (TPSA) is 51.2 Å². The summed E-state index contributed by atoms with van der Waals surface area (Å²) in [5.74, 6) is 0.573. The van der Waals surface area contributed by atoms with Gasteiger partial charge in [-0.3, -0.25) is 4.79 Å². The van der Waals surface area contributed by atoms with E-state index >= 15 is 0 Å². The molecule has 4 nitrogen and oxygen atoms in total. The molecule has 1 aromatic heterocycles. The summed E-state index contributed by atoms with van der Waals surface area (Å²) in [6, 6.07) is 14.8. The number of carbonyl (C=O) groups excluding carboxylic acids is 1. The fourth-order valence-electron chi connectivity index (χ4n) is 2.07. The van der Waals surface area contributed by atoms with Crippen LogP contribution in [0.25, 0.3) is 0 Å². The van der Waals surface area contributed by atoms with E-state index < -0.39 is 0 Å². The molecule has 2 aromatic carbocycles. The van der Waals surface area contributed by atoms with Crippen LogP contribution >= 0.6 is 33.9 Å². The zero-order valence-electron chi connectivity index (χ0n) is 13.0. The quantitative estimate of drug-likeness (QED) is 0.564. The minimum absolute atomic E-state index is 0.141. The van der Waals surface area contributed by atoms with Crippen molar-refractivity contribution < 1.29 is 9.53 Å². The minimum Gasteiger partial charge on any atom is -0.487 e. The van der Waals surface area contributed by atoms with Crippen molar-refractivity contribution in [2.24, 2.45) is 0 Å². The number of ether oxygens (including phenoxy) is 1. The molecule has 0 saturated heterocycles. The summed E-state index contributed by atoms with van der Waals surface area (Å²) in [5.41, 5.74) is 2.28. The molecule has 0 fully saturated rings. The van der Waals surface area contributed by atoms with Gasteiger partial charge in [0.05, 0.1) is 10.7 Å². The average molecular weight is 450 g/mol. The third kappa shape index (κ3) is 4.55. The Morgan fingerprint density at radius 3 is 2.50 bits per heavy atom. The summed E-state index contributed by atoms with van der Waals surface area (Å²) >= 11 is 3.83. The third-order valence-corrected chi connectivity index (χ3v) is 4.81. The van der Waals surface area contributed by atoms with Gasteiger partial charge in [-0.15, -0.1) is 11.3 Å². The van der Waals surface area contributed by atoms with Gasteiger partial charge in [-0.2, -0.15) is 0 Å². The highest BCUT2D eigenvalue weighted by molar-refractivity contribution is 14.1. The van der Waals surface area contributed by atoms with E-state index in [1.165, 1.54) is 0 Å². The highest BCUT2D eigenvalue weighted by Crippen LogP contribution is 2.17. The number of anilines is 1. The van der Waals surface area contributed by atoms with Crippen LogP contribution in [0.1, 0.15) is 21.1 Å². The molecule has 0 aliphatic heterocycles. The van der Waals surface area contributed by atoms with Gasteiger partial charge in [0, 0.05) is 20.2 Å². The summed E-state index contributed by atoms with van der Waals surface area (Å²) in [7, 11) is 0. The van der Waals surface area contributed by atoms with Crippen molar-refractivity contribution >= 4 is 45.5 Å². The number of carbonyl (C=O) groups is 1. The minimum atomic E-state index is -0.141. The predicted molar refractivity (Wildman–Crippen MR) is 105 cm³/mol. The monoisotopic (exact) mass is 450 g/mol. The largest absolute Gasteiger partial charge is 0.487 e. The van der Waals surface area contributed by atoms with Gasteiger partial charge in [0.25, 0.3) is 5.91 Å². The summed E-state index contributed by atoms with van der Waals surface area (Å²) in [4.78, 5) is 16.6. The molecule has 0 saturated carbocycles. The van der Waals surface area contributed by atoms with Crippen LogP contribution < -0.4 is 10.1 Å². The SMILES string of the molecule is Cc1nc(COc2ccc(C(=O)Nc3ccc(I)cc3)cc2)cs1. The Morgan fingerprint density at radius 1 is 1.17 bits per heavy atom. The second-order valence-corrected chi connectivity index (χ2v) is 7.44.